The van der Waals surface area contributed by atoms with Gasteiger partial charge in [0.15, 0.2) is 0 Å². The Morgan fingerprint density at radius 3 is 2.55 bits per heavy atom. The molecule has 3 N–H and O–H groups in total. The van der Waals surface area contributed by atoms with Crippen LogP contribution in [-0.2, 0) is 4.79 Å². The maximum atomic E-state index is 12.5. The molecule has 0 bridgehead atoms. The first-order chi connectivity index (χ1) is 10.6. The third-order valence-electron chi connectivity index (χ3n) is 4.87. The first-order valence-corrected chi connectivity index (χ1v) is 8.17. The normalized spacial score (nSPS) is 16.6. The molecule has 22 heavy (non-hydrogen) atoms. The van der Waals surface area contributed by atoms with Gasteiger partial charge in [0, 0.05) is 37.9 Å². The summed E-state index contributed by atoms with van der Waals surface area (Å²) in [5.41, 5.74) is 5.62. The summed E-state index contributed by atoms with van der Waals surface area (Å²) in [4.78, 5) is 23.1. The van der Waals surface area contributed by atoms with Gasteiger partial charge in [-0.05, 0) is 25.7 Å². The molecule has 1 aromatic rings. The SMILES string of the molecule is CCC(CC)(CN)NC(=O)C1CCN(c2cnccn2)CC1. The monoisotopic (exact) mass is 305 g/mol. The summed E-state index contributed by atoms with van der Waals surface area (Å²) in [5, 5.41) is 3.19. The summed E-state index contributed by atoms with van der Waals surface area (Å²) < 4.78 is 0. The van der Waals surface area contributed by atoms with Crippen LogP contribution in [0.1, 0.15) is 39.5 Å². The zero-order valence-corrected chi connectivity index (χ0v) is 13.6. The third-order valence-corrected chi connectivity index (χ3v) is 4.87. The smallest absolute Gasteiger partial charge is 0.223 e. The standard InChI is InChI=1S/C16H27N5O/c1-3-16(4-2,12-17)20-15(22)13-5-9-21(10-6-13)14-11-18-7-8-19-14/h7-8,11,13H,3-6,9-10,12,17H2,1-2H3,(H,20,22). The summed E-state index contributed by atoms with van der Waals surface area (Å²) in [5.74, 6) is 1.10. The van der Waals surface area contributed by atoms with Crippen LogP contribution < -0.4 is 16.0 Å². The van der Waals surface area contributed by atoms with Crippen molar-refractivity contribution in [3.63, 3.8) is 0 Å². The molecule has 0 spiro atoms. The second kappa shape index (κ2) is 7.54. The van der Waals surface area contributed by atoms with Crippen molar-refractivity contribution in [2.45, 2.75) is 45.1 Å². The lowest BCUT2D eigenvalue weighted by Crippen LogP contribution is -2.55. The highest BCUT2D eigenvalue weighted by atomic mass is 16.2. The van der Waals surface area contributed by atoms with Crippen LogP contribution in [0.5, 0.6) is 0 Å². The first kappa shape index (κ1) is 16.7. The molecule has 1 aromatic heterocycles. The summed E-state index contributed by atoms with van der Waals surface area (Å²) in [6, 6.07) is 0. The molecule has 0 unspecified atom stereocenters. The number of anilines is 1. The lowest BCUT2D eigenvalue weighted by Gasteiger charge is -2.36. The number of hydrogen-bond acceptors (Lipinski definition) is 5. The molecule has 6 heteroatoms. The molecular formula is C16H27N5O. The predicted octanol–water partition coefficient (Wildman–Crippen LogP) is 1.33. The van der Waals surface area contributed by atoms with E-state index in [-0.39, 0.29) is 17.4 Å². The molecule has 0 atom stereocenters. The average molecular weight is 305 g/mol. The van der Waals surface area contributed by atoms with Crippen LogP contribution in [0.4, 0.5) is 5.82 Å². The van der Waals surface area contributed by atoms with Gasteiger partial charge in [0.25, 0.3) is 0 Å². The van der Waals surface area contributed by atoms with Crippen LogP contribution in [0.3, 0.4) is 0 Å². The fourth-order valence-corrected chi connectivity index (χ4v) is 2.96. The molecule has 1 aliphatic heterocycles. The van der Waals surface area contributed by atoms with Crippen molar-refractivity contribution in [1.82, 2.24) is 15.3 Å². The van der Waals surface area contributed by atoms with Crippen molar-refractivity contribution in [3.8, 4) is 0 Å². The van der Waals surface area contributed by atoms with Crippen molar-refractivity contribution in [2.75, 3.05) is 24.5 Å². The quantitative estimate of drug-likeness (QED) is 0.828. The van der Waals surface area contributed by atoms with Gasteiger partial charge in [-0.3, -0.25) is 9.78 Å². The number of aromatic nitrogens is 2. The fourth-order valence-electron chi connectivity index (χ4n) is 2.96. The van der Waals surface area contributed by atoms with E-state index in [2.05, 4.69) is 34.0 Å². The van der Waals surface area contributed by atoms with Gasteiger partial charge in [0.2, 0.25) is 5.91 Å². The highest BCUT2D eigenvalue weighted by molar-refractivity contribution is 5.79. The Balaban J connectivity index is 1.90. The zero-order valence-electron chi connectivity index (χ0n) is 13.6. The van der Waals surface area contributed by atoms with Gasteiger partial charge in [-0.2, -0.15) is 0 Å². The van der Waals surface area contributed by atoms with Crippen molar-refractivity contribution in [2.24, 2.45) is 11.7 Å². The molecule has 1 fully saturated rings. The molecule has 0 aliphatic carbocycles. The van der Waals surface area contributed by atoms with Crippen LogP contribution in [0.15, 0.2) is 18.6 Å². The Morgan fingerprint density at radius 2 is 2.05 bits per heavy atom. The van der Waals surface area contributed by atoms with Crippen LogP contribution in [-0.4, -0.2) is 41.0 Å². The molecule has 0 saturated carbocycles. The number of amides is 1. The number of carbonyl (C=O) groups excluding carboxylic acids is 1. The van der Waals surface area contributed by atoms with Crippen molar-refractivity contribution < 1.29 is 4.79 Å². The number of rotatable bonds is 6. The molecule has 0 radical (unpaired) electrons. The lowest BCUT2D eigenvalue weighted by molar-refractivity contribution is -0.127. The number of carbonyl (C=O) groups is 1. The molecule has 1 amide bonds. The van der Waals surface area contributed by atoms with Gasteiger partial charge < -0.3 is 16.0 Å². The lowest BCUT2D eigenvalue weighted by atomic mass is 9.89. The number of nitrogens with one attached hydrogen (secondary N) is 1. The van der Waals surface area contributed by atoms with Gasteiger partial charge in [0.1, 0.15) is 5.82 Å². The predicted molar refractivity (Wildman–Crippen MR) is 87.5 cm³/mol. The number of nitrogens with zero attached hydrogens (tertiary/aromatic N) is 3. The van der Waals surface area contributed by atoms with Crippen molar-refractivity contribution in [3.05, 3.63) is 18.6 Å². The van der Waals surface area contributed by atoms with Gasteiger partial charge in [0.05, 0.1) is 11.7 Å². The highest BCUT2D eigenvalue weighted by Crippen LogP contribution is 2.23. The summed E-state index contributed by atoms with van der Waals surface area (Å²) in [6.45, 7) is 6.32. The van der Waals surface area contributed by atoms with Gasteiger partial charge in [-0.25, -0.2) is 4.98 Å². The molecular weight excluding hydrogens is 278 g/mol. The van der Waals surface area contributed by atoms with Crippen LogP contribution in [0.25, 0.3) is 0 Å². The maximum absolute atomic E-state index is 12.5. The van der Waals surface area contributed by atoms with Crippen molar-refractivity contribution >= 4 is 11.7 Å². The minimum atomic E-state index is -0.251. The van der Waals surface area contributed by atoms with E-state index in [1.165, 1.54) is 0 Å². The third kappa shape index (κ3) is 3.74. The molecule has 122 valence electrons. The zero-order chi connectivity index (χ0) is 16.0. The van der Waals surface area contributed by atoms with Crippen LogP contribution in [0, 0.1) is 5.92 Å². The summed E-state index contributed by atoms with van der Waals surface area (Å²) in [7, 11) is 0. The van der Waals surface area contributed by atoms with E-state index in [1.807, 2.05) is 0 Å². The highest BCUT2D eigenvalue weighted by Gasteiger charge is 2.31. The van der Waals surface area contributed by atoms with E-state index in [0.29, 0.717) is 6.54 Å². The molecule has 0 aromatic carbocycles. The molecule has 6 nitrogen and oxygen atoms in total. The Labute approximate surface area is 132 Å². The van der Waals surface area contributed by atoms with Crippen LogP contribution >= 0.6 is 0 Å². The van der Waals surface area contributed by atoms with E-state index < -0.39 is 0 Å². The number of piperidine rings is 1. The molecule has 1 aliphatic rings. The topological polar surface area (TPSA) is 84.1 Å². The minimum absolute atomic E-state index is 0.0666. The second-order valence-electron chi connectivity index (χ2n) is 6.01. The van der Waals surface area contributed by atoms with Gasteiger partial charge >= 0.3 is 0 Å². The van der Waals surface area contributed by atoms with E-state index in [1.54, 1.807) is 18.6 Å². The second-order valence-corrected chi connectivity index (χ2v) is 6.01. The summed E-state index contributed by atoms with van der Waals surface area (Å²) in [6.07, 6.45) is 8.56. The molecule has 2 heterocycles. The molecule has 1 saturated heterocycles. The summed E-state index contributed by atoms with van der Waals surface area (Å²) >= 11 is 0. The minimum Gasteiger partial charge on any atom is -0.355 e. The van der Waals surface area contributed by atoms with E-state index in [4.69, 9.17) is 5.73 Å². The van der Waals surface area contributed by atoms with E-state index in [0.717, 1.165) is 44.6 Å². The van der Waals surface area contributed by atoms with Gasteiger partial charge in [-0.15, -0.1) is 0 Å². The first-order valence-electron chi connectivity index (χ1n) is 8.17. The maximum Gasteiger partial charge on any atom is 0.223 e. The Kier molecular flexibility index (Phi) is 5.71. The fraction of sp³-hybridized carbons (Fsp3) is 0.688. The molecule has 2 rings (SSSR count). The Morgan fingerprint density at radius 1 is 1.36 bits per heavy atom. The largest absolute Gasteiger partial charge is 0.355 e. The Bertz CT molecular complexity index is 458. The van der Waals surface area contributed by atoms with E-state index >= 15 is 0 Å². The number of hydrogen-bond donors (Lipinski definition) is 2. The number of nitrogens with two attached hydrogens (primary N) is 1. The Hall–Kier alpha value is -1.69. The van der Waals surface area contributed by atoms with E-state index in [9.17, 15) is 4.79 Å². The van der Waals surface area contributed by atoms with Crippen molar-refractivity contribution in [1.29, 1.82) is 0 Å². The van der Waals surface area contributed by atoms with Crippen LogP contribution in [0.2, 0.25) is 0 Å². The van der Waals surface area contributed by atoms with Gasteiger partial charge in [-0.1, -0.05) is 13.8 Å². The average Bonchev–Trinajstić information content (AvgIpc) is 2.60.